The van der Waals surface area contributed by atoms with Gasteiger partial charge in [0.05, 0.1) is 17.4 Å². The Kier molecular flexibility index (Phi) is 3.02. The summed E-state index contributed by atoms with van der Waals surface area (Å²) >= 11 is 6.08. The van der Waals surface area contributed by atoms with E-state index in [-0.39, 0.29) is 0 Å². The van der Waals surface area contributed by atoms with Crippen molar-refractivity contribution >= 4 is 46.0 Å². The maximum absolute atomic E-state index is 12.6. The highest BCUT2D eigenvalue weighted by atomic mass is 35.5. The van der Waals surface area contributed by atoms with Gasteiger partial charge in [0, 0.05) is 0 Å². The van der Waals surface area contributed by atoms with Crippen LogP contribution in [0, 0.1) is 6.92 Å². The van der Waals surface area contributed by atoms with Crippen molar-refractivity contribution < 1.29 is 9.18 Å². The van der Waals surface area contributed by atoms with Crippen molar-refractivity contribution in [3.8, 4) is 0 Å². The summed E-state index contributed by atoms with van der Waals surface area (Å²) in [5, 5.41) is 2.40. The number of aryl methyl sites for hydroxylation is 1. The number of aromatic nitrogens is 2. The number of nitrogens with zero attached hydrogens (tertiary/aromatic N) is 2. The predicted molar refractivity (Wildman–Crippen MR) is 61.5 cm³/mol. The number of benzene rings is 1. The van der Waals surface area contributed by atoms with Crippen molar-refractivity contribution in [2.75, 3.05) is 5.32 Å². The van der Waals surface area contributed by atoms with Gasteiger partial charge in [0.1, 0.15) is 11.0 Å². The topological polar surface area (TPSA) is 54.9 Å². The zero-order chi connectivity index (χ0) is 11.7. The van der Waals surface area contributed by atoms with Gasteiger partial charge in [-0.3, -0.25) is 4.79 Å². The molecule has 0 aliphatic rings. The lowest BCUT2D eigenvalue weighted by molar-refractivity contribution is -0.118. The molecule has 2 aromatic rings. The number of carbonyl (C=O) groups excluding carboxylic acids is 1. The number of hydrogen-bond acceptors (Lipinski definition) is 4. The summed E-state index contributed by atoms with van der Waals surface area (Å²) < 4.78 is 20.6. The summed E-state index contributed by atoms with van der Waals surface area (Å²) in [5.74, 6) is -0.898. The maximum atomic E-state index is 12.6. The maximum Gasteiger partial charge on any atom is 0.274 e. The summed E-state index contributed by atoms with van der Waals surface area (Å²) in [4.78, 5) is 11.2. The van der Waals surface area contributed by atoms with Gasteiger partial charge < -0.3 is 5.32 Å². The van der Waals surface area contributed by atoms with Crippen molar-refractivity contribution in [2.24, 2.45) is 0 Å². The molecule has 0 fully saturated rings. The lowest BCUT2D eigenvalue weighted by Crippen LogP contribution is -2.20. The number of carbonyl (C=O) groups is 1. The molecule has 1 aromatic heterocycles. The summed E-state index contributed by atoms with van der Waals surface area (Å²) in [6, 6.07) is 3.57. The van der Waals surface area contributed by atoms with Gasteiger partial charge in [0.25, 0.3) is 11.5 Å². The number of rotatable bonds is 2. The van der Waals surface area contributed by atoms with E-state index in [0.29, 0.717) is 16.7 Å². The van der Waals surface area contributed by atoms with Gasteiger partial charge in [-0.25, -0.2) is 4.39 Å². The second-order valence-electron chi connectivity index (χ2n) is 3.18. The van der Waals surface area contributed by atoms with Crippen LogP contribution >= 0.6 is 23.3 Å². The molecular weight excluding hydrogens is 253 g/mol. The second kappa shape index (κ2) is 4.31. The smallest absolute Gasteiger partial charge is 0.274 e. The molecule has 0 aliphatic heterocycles. The molecule has 1 N–H and O–H groups in total. The number of fused-ring (bicyclic) bond motifs is 1. The Morgan fingerprint density at radius 2 is 2.31 bits per heavy atom. The molecule has 1 atom stereocenters. The SMILES string of the molecule is Cc1ccc2nsnc2c1NC(=O)C(F)Cl. The molecule has 16 heavy (non-hydrogen) atoms. The van der Waals surface area contributed by atoms with Crippen molar-refractivity contribution in [1.29, 1.82) is 0 Å². The lowest BCUT2D eigenvalue weighted by atomic mass is 10.1. The average Bonchev–Trinajstić information content (AvgIpc) is 2.70. The quantitative estimate of drug-likeness (QED) is 0.843. The van der Waals surface area contributed by atoms with Gasteiger partial charge in [-0.2, -0.15) is 8.75 Å². The van der Waals surface area contributed by atoms with E-state index in [9.17, 15) is 9.18 Å². The van der Waals surface area contributed by atoms with Crippen LogP contribution in [0.3, 0.4) is 0 Å². The molecule has 0 bridgehead atoms. The number of alkyl halides is 2. The van der Waals surface area contributed by atoms with Crippen LogP contribution in [0.4, 0.5) is 10.1 Å². The number of hydrogen-bond donors (Lipinski definition) is 1. The first-order chi connectivity index (χ1) is 7.59. The summed E-state index contributed by atoms with van der Waals surface area (Å²) in [6.07, 6.45) is 0. The predicted octanol–water partition coefficient (Wildman–Crippen LogP) is 2.47. The normalized spacial score (nSPS) is 12.7. The van der Waals surface area contributed by atoms with E-state index < -0.39 is 11.5 Å². The second-order valence-corrected chi connectivity index (χ2v) is 4.09. The molecule has 1 aromatic carbocycles. The first kappa shape index (κ1) is 11.2. The van der Waals surface area contributed by atoms with E-state index in [0.717, 1.165) is 17.3 Å². The molecule has 4 nitrogen and oxygen atoms in total. The molecule has 1 unspecified atom stereocenters. The van der Waals surface area contributed by atoms with E-state index >= 15 is 0 Å². The molecule has 2 rings (SSSR count). The van der Waals surface area contributed by atoms with Crippen molar-refractivity contribution in [2.45, 2.75) is 12.6 Å². The Morgan fingerprint density at radius 1 is 1.56 bits per heavy atom. The van der Waals surface area contributed by atoms with Gasteiger partial charge in [-0.15, -0.1) is 0 Å². The minimum atomic E-state index is -2.07. The highest BCUT2D eigenvalue weighted by Crippen LogP contribution is 2.25. The third kappa shape index (κ3) is 1.98. The largest absolute Gasteiger partial charge is 0.320 e. The third-order valence-corrected chi connectivity index (χ3v) is 2.82. The van der Waals surface area contributed by atoms with Crippen molar-refractivity contribution in [3.05, 3.63) is 17.7 Å². The molecule has 0 spiro atoms. The summed E-state index contributed by atoms with van der Waals surface area (Å²) in [5.41, 5.74) is 0.387. The van der Waals surface area contributed by atoms with Gasteiger partial charge in [-0.05, 0) is 18.6 Å². The Hall–Kier alpha value is -1.27. The number of halogens is 2. The monoisotopic (exact) mass is 259 g/mol. The fraction of sp³-hybridized carbons (Fsp3) is 0.222. The molecular formula is C9H7ClFN3OS. The highest BCUT2D eigenvalue weighted by molar-refractivity contribution is 7.00. The molecule has 0 saturated heterocycles. The zero-order valence-electron chi connectivity index (χ0n) is 8.20. The molecule has 1 amide bonds. The fourth-order valence-corrected chi connectivity index (χ4v) is 1.89. The van der Waals surface area contributed by atoms with Gasteiger partial charge in [0.2, 0.25) is 0 Å². The molecule has 0 radical (unpaired) electrons. The van der Waals surface area contributed by atoms with Crippen LogP contribution in [0.15, 0.2) is 12.1 Å². The lowest BCUT2D eigenvalue weighted by Gasteiger charge is -2.08. The van der Waals surface area contributed by atoms with E-state index in [1.54, 1.807) is 19.1 Å². The van der Waals surface area contributed by atoms with Crippen LogP contribution < -0.4 is 5.32 Å². The standard InChI is InChI=1S/C9H7ClFN3OS/c1-4-2-3-5-7(14-16-13-5)6(4)12-9(15)8(10)11/h2-3,8H,1H3,(H,12,15). The van der Waals surface area contributed by atoms with Crippen LogP contribution in [0.25, 0.3) is 11.0 Å². The summed E-state index contributed by atoms with van der Waals surface area (Å²) in [6.45, 7) is 1.79. The molecule has 0 saturated carbocycles. The van der Waals surface area contributed by atoms with E-state index in [4.69, 9.17) is 11.6 Å². The Bertz CT molecular complexity index is 543. The zero-order valence-corrected chi connectivity index (χ0v) is 9.77. The number of anilines is 1. The minimum absolute atomic E-state index is 0.458. The van der Waals surface area contributed by atoms with Crippen LogP contribution in [0.2, 0.25) is 0 Å². The minimum Gasteiger partial charge on any atom is -0.320 e. The van der Waals surface area contributed by atoms with Gasteiger partial charge in [0.15, 0.2) is 0 Å². The van der Waals surface area contributed by atoms with E-state index in [1.807, 2.05) is 0 Å². The van der Waals surface area contributed by atoms with Crippen molar-refractivity contribution in [3.63, 3.8) is 0 Å². The van der Waals surface area contributed by atoms with Gasteiger partial charge >= 0.3 is 0 Å². The Balaban J connectivity index is 2.46. The van der Waals surface area contributed by atoms with Crippen LogP contribution in [0.5, 0.6) is 0 Å². The summed E-state index contributed by atoms with van der Waals surface area (Å²) in [7, 11) is 0. The highest BCUT2D eigenvalue weighted by Gasteiger charge is 2.17. The molecule has 84 valence electrons. The van der Waals surface area contributed by atoms with Crippen molar-refractivity contribution in [1.82, 2.24) is 8.75 Å². The first-order valence-electron chi connectivity index (χ1n) is 4.40. The Morgan fingerprint density at radius 3 is 3.00 bits per heavy atom. The number of amides is 1. The average molecular weight is 260 g/mol. The van der Waals surface area contributed by atoms with E-state index in [1.165, 1.54) is 0 Å². The fourth-order valence-electron chi connectivity index (χ4n) is 1.29. The van der Waals surface area contributed by atoms with Crippen LogP contribution in [0.1, 0.15) is 5.56 Å². The molecule has 7 heteroatoms. The molecule has 1 heterocycles. The van der Waals surface area contributed by atoms with Gasteiger partial charge in [-0.1, -0.05) is 17.7 Å². The Labute approximate surface area is 99.7 Å². The molecule has 0 aliphatic carbocycles. The first-order valence-corrected chi connectivity index (χ1v) is 5.57. The van der Waals surface area contributed by atoms with Crippen LogP contribution in [-0.2, 0) is 4.79 Å². The van der Waals surface area contributed by atoms with Crippen LogP contribution in [-0.4, -0.2) is 20.3 Å². The number of nitrogens with one attached hydrogen (secondary N) is 1. The third-order valence-electron chi connectivity index (χ3n) is 2.08. The van der Waals surface area contributed by atoms with E-state index in [2.05, 4.69) is 14.1 Å².